The van der Waals surface area contributed by atoms with Crippen LogP contribution in [-0.2, 0) is 0 Å². The van der Waals surface area contributed by atoms with E-state index in [9.17, 15) is 4.79 Å². The first kappa shape index (κ1) is 17.1. The summed E-state index contributed by atoms with van der Waals surface area (Å²) in [4.78, 5) is 14.1. The molecule has 0 spiro atoms. The molecule has 0 aliphatic rings. The number of rotatable bonds is 3. The molecule has 2 heterocycles. The fourth-order valence-corrected chi connectivity index (χ4v) is 3.40. The standard InChI is InChI=1S/C24H17N3O2/c1-16-23(18-10-6-3-7-11-18)26-27(25-16)20-13-12-19-14-21(17-8-4-2-5-9-17)24(28)29-22(19)15-20/h2-15H,1H3. The van der Waals surface area contributed by atoms with Gasteiger partial charge in [0.15, 0.2) is 0 Å². The van der Waals surface area contributed by atoms with Crippen molar-refractivity contribution < 1.29 is 4.42 Å². The van der Waals surface area contributed by atoms with Gasteiger partial charge in [-0.2, -0.15) is 9.90 Å². The van der Waals surface area contributed by atoms with Crippen molar-refractivity contribution >= 4 is 11.0 Å². The second-order valence-corrected chi connectivity index (χ2v) is 6.83. The van der Waals surface area contributed by atoms with Gasteiger partial charge in [0.25, 0.3) is 0 Å². The average Bonchev–Trinajstić information content (AvgIpc) is 3.16. The Morgan fingerprint density at radius 3 is 2.21 bits per heavy atom. The van der Waals surface area contributed by atoms with E-state index in [2.05, 4.69) is 10.2 Å². The van der Waals surface area contributed by atoms with Gasteiger partial charge in [0.1, 0.15) is 11.3 Å². The highest BCUT2D eigenvalue weighted by atomic mass is 16.4. The van der Waals surface area contributed by atoms with Crippen LogP contribution in [0.25, 0.3) is 39.0 Å². The second kappa shape index (κ2) is 6.87. The molecule has 0 bridgehead atoms. The number of fused-ring (bicyclic) bond motifs is 1. The highest BCUT2D eigenvalue weighted by molar-refractivity contribution is 5.83. The lowest BCUT2D eigenvalue weighted by Gasteiger charge is -2.04. The van der Waals surface area contributed by atoms with Gasteiger partial charge in [-0.05, 0) is 30.7 Å². The summed E-state index contributed by atoms with van der Waals surface area (Å²) in [5.41, 5.74) is 4.92. The van der Waals surface area contributed by atoms with Gasteiger partial charge in [-0.25, -0.2) is 4.79 Å². The second-order valence-electron chi connectivity index (χ2n) is 6.83. The molecule has 0 aliphatic heterocycles. The molecule has 0 unspecified atom stereocenters. The average molecular weight is 379 g/mol. The molecule has 0 atom stereocenters. The van der Waals surface area contributed by atoms with Crippen molar-refractivity contribution in [1.82, 2.24) is 15.0 Å². The zero-order chi connectivity index (χ0) is 19.8. The molecule has 5 nitrogen and oxygen atoms in total. The summed E-state index contributed by atoms with van der Waals surface area (Å²) in [6, 6.07) is 26.9. The van der Waals surface area contributed by atoms with E-state index in [1.165, 1.54) is 0 Å². The molecule has 5 rings (SSSR count). The minimum absolute atomic E-state index is 0.365. The number of hydrogen-bond donors (Lipinski definition) is 0. The minimum Gasteiger partial charge on any atom is -0.422 e. The number of aromatic nitrogens is 3. The Morgan fingerprint density at radius 1 is 0.793 bits per heavy atom. The van der Waals surface area contributed by atoms with Crippen LogP contribution in [0, 0.1) is 6.92 Å². The van der Waals surface area contributed by atoms with E-state index in [1.807, 2.05) is 85.8 Å². The van der Waals surface area contributed by atoms with Crippen LogP contribution >= 0.6 is 0 Å². The summed E-state index contributed by atoms with van der Waals surface area (Å²) in [5.74, 6) is 0. The van der Waals surface area contributed by atoms with Crippen LogP contribution in [0.3, 0.4) is 0 Å². The number of aryl methyl sites for hydroxylation is 1. The molecule has 0 radical (unpaired) electrons. The molecule has 3 aromatic carbocycles. The highest BCUT2D eigenvalue weighted by Crippen LogP contribution is 2.24. The molecule has 2 aromatic heterocycles. The van der Waals surface area contributed by atoms with E-state index in [0.29, 0.717) is 11.1 Å². The maximum Gasteiger partial charge on any atom is 0.344 e. The van der Waals surface area contributed by atoms with Crippen LogP contribution in [-0.4, -0.2) is 15.0 Å². The summed E-state index contributed by atoms with van der Waals surface area (Å²) in [6.45, 7) is 1.93. The van der Waals surface area contributed by atoms with Gasteiger partial charge < -0.3 is 4.42 Å². The Bertz CT molecular complexity index is 1370. The summed E-state index contributed by atoms with van der Waals surface area (Å²) in [6.07, 6.45) is 0. The lowest BCUT2D eigenvalue weighted by molar-refractivity contribution is 0.562. The SMILES string of the molecule is Cc1nn(-c2ccc3cc(-c4ccccc4)c(=O)oc3c2)nc1-c1ccccc1. The first-order chi connectivity index (χ1) is 14.2. The molecule has 29 heavy (non-hydrogen) atoms. The van der Waals surface area contributed by atoms with Gasteiger partial charge in [0.05, 0.1) is 16.9 Å². The molecule has 0 saturated heterocycles. The van der Waals surface area contributed by atoms with E-state index < -0.39 is 0 Å². The summed E-state index contributed by atoms with van der Waals surface area (Å²) < 4.78 is 5.61. The summed E-state index contributed by atoms with van der Waals surface area (Å²) >= 11 is 0. The Balaban J connectivity index is 1.58. The Morgan fingerprint density at radius 2 is 1.48 bits per heavy atom. The Hall–Kier alpha value is -3.99. The van der Waals surface area contributed by atoms with Crippen LogP contribution in [0.5, 0.6) is 0 Å². The van der Waals surface area contributed by atoms with E-state index in [1.54, 1.807) is 10.9 Å². The molecule has 140 valence electrons. The van der Waals surface area contributed by atoms with E-state index >= 15 is 0 Å². The van der Waals surface area contributed by atoms with E-state index in [-0.39, 0.29) is 5.63 Å². The third-order valence-electron chi connectivity index (χ3n) is 4.86. The van der Waals surface area contributed by atoms with Gasteiger partial charge in [-0.15, -0.1) is 5.10 Å². The first-order valence-electron chi connectivity index (χ1n) is 9.32. The van der Waals surface area contributed by atoms with Crippen molar-refractivity contribution in [2.45, 2.75) is 6.92 Å². The largest absolute Gasteiger partial charge is 0.422 e. The highest BCUT2D eigenvalue weighted by Gasteiger charge is 2.12. The van der Waals surface area contributed by atoms with Crippen molar-refractivity contribution in [1.29, 1.82) is 0 Å². The van der Waals surface area contributed by atoms with Crippen molar-refractivity contribution in [3.63, 3.8) is 0 Å². The van der Waals surface area contributed by atoms with Crippen LogP contribution in [0.4, 0.5) is 0 Å². The quantitative estimate of drug-likeness (QED) is 0.413. The van der Waals surface area contributed by atoms with Gasteiger partial charge in [-0.3, -0.25) is 0 Å². The monoisotopic (exact) mass is 379 g/mol. The van der Waals surface area contributed by atoms with Crippen molar-refractivity contribution in [3.8, 4) is 28.1 Å². The molecular formula is C24H17N3O2. The minimum atomic E-state index is -0.365. The van der Waals surface area contributed by atoms with E-state index in [4.69, 9.17) is 4.42 Å². The molecule has 0 fully saturated rings. The lowest BCUT2D eigenvalue weighted by Crippen LogP contribution is -2.04. The first-order valence-corrected chi connectivity index (χ1v) is 9.32. The number of nitrogens with zero attached hydrogens (tertiary/aromatic N) is 3. The molecule has 0 saturated carbocycles. The molecule has 0 N–H and O–H groups in total. The number of benzene rings is 3. The zero-order valence-electron chi connectivity index (χ0n) is 15.7. The summed E-state index contributed by atoms with van der Waals surface area (Å²) in [7, 11) is 0. The molecule has 5 heteroatoms. The number of hydrogen-bond acceptors (Lipinski definition) is 4. The van der Waals surface area contributed by atoms with Crippen LogP contribution in [0.15, 0.2) is 94.1 Å². The van der Waals surface area contributed by atoms with Crippen molar-refractivity contribution in [3.05, 3.63) is 101 Å². The normalized spacial score (nSPS) is 11.1. The topological polar surface area (TPSA) is 60.9 Å². The molecule has 0 aliphatic carbocycles. The van der Waals surface area contributed by atoms with Gasteiger partial charge >= 0.3 is 5.63 Å². The van der Waals surface area contributed by atoms with Crippen LogP contribution in [0.1, 0.15) is 5.69 Å². The maximum atomic E-state index is 12.5. The van der Waals surface area contributed by atoms with Crippen LogP contribution in [0.2, 0.25) is 0 Å². The maximum absolute atomic E-state index is 12.5. The van der Waals surface area contributed by atoms with Gasteiger partial charge in [0.2, 0.25) is 0 Å². The Labute approximate surface area is 166 Å². The van der Waals surface area contributed by atoms with E-state index in [0.717, 1.165) is 33.6 Å². The zero-order valence-corrected chi connectivity index (χ0v) is 15.7. The fraction of sp³-hybridized carbons (Fsp3) is 0.0417. The van der Waals surface area contributed by atoms with Gasteiger partial charge in [0, 0.05) is 17.0 Å². The lowest BCUT2D eigenvalue weighted by atomic mass is 10.1. The third kappa shape index (κ3) is 3.12. The third-order valence-corrected chi connectivity index (χ3v) is 4.86. The fourth-order valence-electron chi connectivity index (χ4n) is 3.40. The predicted molar refractivity (Wildman–Crippen MR) is 113 cm³/mol. The molecule has 5 aromatic rings. The van der Waals surface area contributed by atoms with Gasteiger partial charge in [-0.1, -0.05) is 60.7 Å². The molecular weight excluding hydrogens is 362 g/mol. The van der Waals surface area contributed by atoms with Crippen molar-refractivity contribution in [2.24, 2.45) is 0 Å². The van der Waals surface area contributed by atoms with Crippen LogP contribution < -0.4 is 5.63 Å². The summed E-state index contributed by atoms with van der Waals surface area (Å²) in [5, 5.41) is 10.0. The Kier molecular flexibility index (Phi) is 4.06. The smallest absolute Gasteiger partial charge is 0.344 e. The molecule has 0 amide bonds. The van der Waals surface area contributed by atoms with Crippen molar-refractivity contribution in [2.75, 3.05) is 0 Å². The predicted octanol–water partition coefficient (Wildman–Crippen LogP) is 5.02.